The van der Waals surface area contributed by atoms with Crippen molar-refractivity contribution in [2.24, 2.45) is 0 Å². The summed E-state index contributed by atoms with van der Waals surface area (Å²) in [6.07, 6.45) is 3.10. The van der Waals surface area contributed by atoms with Gasteiger partial charge >= 0.3 is 0 Å². The van der Waals surface area contributed by atoms with Crippen molar-refractivity contribution in [1.29, 1.82) is 0 Å². The lowest BCUT2D eigenvalue weighted by Gasteiger charge is -2.21. The van der Waals surface area contributed by atoms with Gasteiger partial charge in [-0.3, -0.25) is 4.79 Å². The number of likely N-dealkylation sites (N-methyl/N-ethyl adjacent to an activating group) is 1. The van der Waals surface area contributed by atoms with E-state index >= 15 is 0 Å². The fourth-order valence-electron chi connectivity index (χ4n) is 2.53. The van der Waals surface area contributed by atoms with Crippen molar-refractivity contribution < 1.29 is 4.79 Å². The summed E-state index contributed by atoms with van der Waals surface area (Å²) in [5.74, 6) is 1.65. The molecule has 1 amide bonds. The third-order valence-corrected chi connectivity index (χ3v) is 3.93. The second kappa shape index (κ2) is 7.35. The quantitative estimate of drug-likeness (QED) is 0.869. The second-order valence-corrected chi connectivity index (χ2v) is 5.97. The van der Waals surface area contributed by atoms with E-state index in [0.29, 0.717) is 11.6 Å². The van der Waals surface area contributed by atoms with Gasteiger partial charge in [0.15, 0.2) is 17.3 Å². The van der Waals surface area contributed by atoms with Gasteiger partial charge in [-0.25, -0.2) is 9.97 Å². The van der Waals surface area contributed by atoms with Gasteiger partial charge in [0.2, 0.25) is 0 Å². The summed E-state index contributed by atoms with van der Waals surface area (Å²) in [4.78, 5) is 22.9. The fraction of sp³-hybridized carbons (Fsp3) is 0.353. The van der Waals surface area contributed by atoms with E-state index in [4.69, 9.17) is 0 Å². The number of aryl methyl sites for hydroxylation is 1. The smallest absolute Gasteiger partial charge is 0.271 e. The average molecular weight is 339 g/mol. The van der Waals surface area contributed by atoms with Crippen molar-refractivity contribution in [3.63, 3.8) is 0 Å². The van der Waals surface area contributed by atoms with Crippen LogP contribution in [0.15, 0.2) is 24.3 Å². The summed E-state index contributed by atoms with van der Waals surface area (Å²) in [5.41, 5.74) is 2.30. The molecule has 2 aromatic heterocycles. The van der Waals surface area contributed by atoms with Crippen LogP contribution in [0.2, 0.25) is 0 Å². The molecule has 0 fully saturated rings. The molecule has 0 spiro atoms. The van der Waals surface area contributed by atoms with E-state index in [1.165, 1.54) is 0 Å². The van der Waals surface area contributed by atoms with Crippen molar-refractivity contribution in [3.8, 4) is 0 Å². The number of hydrogen-bond donors (Lipinski definition) is 2. The number of carbonyl (C=O) groups is 1. The molecule has 0 radical (unpaired) electrons. The highest BCUT2D eigenvalue weighted by Crippen LogP contribution is 2.21. The first-order valence-corrected chi connectivity index (χ1v) is 8.11. The lowest BCUT2D eigenvalue weighted by atomic mass is 10.1. The van der Waals surface area contributed by atoms with E-state index in [1.807, 2.05) is 13.0 Å². The van der Waals surface area contributed by atoms with E-state index < -0.39 is 0 Å². The highest BCUT2D eigenvalue weighted by Gasteiger charge is 2.14. The zero-order valence-corrected chi connectivity index (χ0v) is 14.6. The molecule has 8 heteroatoms. The van der Waals surface area contributed by atoms with E-state index in [-0.39, 0.29) is 11.6 Å². The molecule has 2 N–H and O–H groups in total. The van der Waals surface area contributed by atoms with Gasteiger partial charge in [0.05, 0.1) is 0 Å². The molecule has 1 aliphatic heterocycles. The lowest BCUT2D eigenvalue weighted by molar-refractivity contribution is 0.0957. The van der Waals surface area contributed by atoms with E-state index in [1.54, 1.807) is 19.2 Å². The topological polar surface area (TPSA) is 95.9 Å². The van der Waals surface area contributed by atoms with Gasteiger partial charge in [0, 0.05) is 31.9 Å². The molecule has 0 aromatic carbocycles. The third-order valence-electron chi connectivity index (χ3n) is 3.93. The van der Waals surface area contributed by atoms with Gasteiger partial charge < -0.3 is 15.5 Å². The monoisotopic (exact) mass is 339 g/mol. The Morgan fingerprint density at radius 1 is 1.20 bits per heavy atom. The van der Waals surface area contributed by atoms with Crippen molar-refractivity contribution in [2.75, 3.05) is 32.5 Å². The standard InChI is InChI=1S/C17H21N7O/c1-11-10-15(20-14-5-4-13(22-23-14)17(25)18-2)21-16(19-11)12-6-8-24(3)9-7-12/h4-6,10H,7-9H2,1-3H3,(H,18,25)(H,19,20,21,23). The first kappa shape index (κ1) is 17.0. The first-order chi connectivity index (χ1) is 12.0. The van der Waals surface area contributed by atoms with Crippen molar-refractivity contribution in [1.82, 2.24) is 30.4 Å². The molecule has 3 heterocycles. The summed E-state index contributed by atoms with van der Waals surface area (Å²) in [5, 5.41) is 13.6. The maximum atomic E-state index is 11.5. The van der Waals surface area contributed by atoms with Gasteiger partial charge in [-0.05, 0) is 38.1 Å². The molecular weight excluding hydrogens is 318 g/mol. The molecule has 0 saturated heterocycles. The summed E-state index contributed by atoms with van der Waals surface area (Å²) >= 11 is 0. The molecule has 25 heavy (non-hydrogen) atoms. The summed E-state index contributed by atoms with van der Waals surface area (Å²) in [6, 6.07) is 5.17. The van der Waals surface area contributed by atoms with Crippen LogP contribution in [0.5, 0.6) is 0 Å². The van der Waals surface area contributed by atoms with Crippen molar-refractivity contribution in [3.05, 3.63) is 41.5 Å². The fourth-order valence-corrected chi connectivity index (χ4v) is 2.53. The normalized spacial score (nSPS) is 14.8. The largest absolute Gasteiger partial charge is 0.354 e. The van der Waals surface area contributed by atoms with Gasteiger partial charge in [-0.2, -0.15) is 0 Å². The van der Waals surface area contributed by atoms with Crippen LogP contribution in [0.4, 0.5) is 11.6 Å². The van der Waals surface area contributed by atoms with Crippen LogP contribution in [-0.4, -0.2) is 58.2 Å². The zero-order valence-electron chi connectivity index (χ0n) is 14.6. The number of nitrogens with one attached hydrogen (secondary N) is 2. The highest BCUT2D eigenvalue weighted by molar-refractivity contribution is 5.91. The molecule has 3 rings (SSSR count). The molecule has 2 aromatic rings. The molecule has 8 nitrogen and oxygen atoms in total. The van der Waals surface area contributed by atoms with Crippen LogP contribution < -0.4 is 10.6 Å². The number of hydrogen-bond acceptors (Lipinski definition) is 7. The van der Waals surface area contributed by atoms with Crippen LogP contribution in [0.25, 0.3) is 5.57 Å². The van der Waals surface area contributed by atoms with Crippen LogP contribution in [0.1, 0.15) is 28.4 Å². The summed E-state index contributed by atoms with van der Waals surface area (Å²) in [6.45, 7) is 3.84. The maximum Gasteiger partial charge on any atom is 0.271 e. The SMILES string of the molecule is CNC(=O)c1ccc(Nc2cc(C)nc(C3=CCN(C)CC3)n2)nn1. The minimum atomic E-state index is -0.270. The Labute approximate surface area is 146 Å². The molecule has 130 valence electrons. The Hall–Kier alpha value is -2.87. The minimum absolute atomic E-state index is 0.268. The Kier molecular flexibility index (Phi) is 4.99. The van der Waals surface area contributed by atoms with Crippen LogP contribution in [0.3, 0.4) is 0 Å². The number of amides is 1. The lowest BCUT2D eigenvalue weighted by Crippen LogP contribution is -2.24. The third kappa shape index (κ3) is 4.16. The Bertz CT molecular complexity index is 801. The van der Waals surface area contributed by atoms with Gasteiger partial charge in [0.25, 0.3) is 5.91 Å². The average Bonchev–Trinajstić information content (AvgIpc) is 2.62. The molecule has 0 saturated carbocycles. The van der Waals surface area contributed by atoms with Crippen molar-refractivity contribution in [2.45, 2.75) is 13.3 Å². The van der Waals surface area contributed by atoms with Crippen molar-refractivity contribution >= 4 is 23.1 Å². The van der Waals surface area contributed by atoms with Gasteiger partial charge in [-0.15, -0.1) is 10.2 Å². The predicted octanol–water partition coefficient (Wildman–Crippen LogP) is 1.40. The van der Waals surface area contributed by atoms with E-state index in [9.17, 15) is 4.79 Å². The Morgan fingerprint density at radius 3 is 2.68 bits per heavy atom. The van der Waals surface area contributed by atoms with Gasteiger partial charge in [0.1, 0.15) is 5.82 Å². The van der Waals surface area contributed by atoms with Crippen LogP contribution in [-0.2, 0) is 0 Å². The number of carbonyl (C=O) groups excluding carboxylic acids is 1. The molecule has 0 aliphatic carbocycles. The Balaban J connectivity index is 1.80. The number of rotatable bonds is 4. The number of anilines is 2. The molecule has 0 atom stereocenters. The Morgan fingerprint density at radius 2 is 2.04 bits per heavy atom. The van der Waals surface area contributed by atoms with E-state index in [0.717, 1.165) is 36.6 Å². The first-order valence-electron chi connectivity index (χ1n) is 8.11. The second-order valence-electron chi connectivity index (χ2n) is 5.97. The van der Waals surface area contributed by atoms with Crippen LogP contribution >= 0.6 is 0 Å². The highest BCUT2D eigenvalue weighted by atomic mass is 16.1. The molecule has 1 aliphatic rings. The summed E-state index contributed by atoms with van der Waals surface area (Å²) < 4.78 is 0. The minimum Gasteiger partial charge on any atom is -0.354 e. The predicted molar refractivity (Wildman–Crippen MR) is 95.6 cm³/mol. The molecule has 0 bridgehead atoms. The maximum absolute atomic E-state index is 11.5. The zero-order chi connectivity index (χ0) is 17.8. The summed E-state index contributed by atoms with van der Waals surface area (Å²) in [7, 11) is 3.65. The molecular formula is C17H21N7O. The number of nitrogens with zero attached hydrogens (tertiary/aromatic N) is 5. The van der Waals surface area contributed by atoms with E-state index in [2.05, 4.69) is 48.8 Å². The van der Waals surface area contributed by atoms with Gasteiger partial charge in [-0.1, -0.05) is 6.08 Å². The molecule has 0 unspecified atom stereocenters. The number of aromatic nitrogens is 4. The van der Waals surface area contributed by atoms with Crippen LogP contribution in [0, 0.1) is 6.92 Å².